The summed E-state index contributed by atoms with van der Waals surface area (Å²) in [6, 6.07) is 7.69. The summed E-state index contributed by atoms with van der Waals surface area (Å²) in [7, 11) is 0. The molecule has 1 aliphatic heterocycles. The zero-order valence-corrected chi connectivity index (χ0v) is 11.3. The van der Waals surface area contributed by atoms with Crippen molar-refractivity contribution in [2.75, 3.05) is 32.0 Å². The largest absolute Gasteiger partial charge is 0.490 e. The number of benzene rings is 1. The number of para-hydroxylation sites is 2. The fraction of sp³-hybridized carbons (Fsp3) is 0.600. The van der Waals surface area contributed by atoms with E-state index in [9.17, 15) is 0 Å². The molecule has 0 saturated carbocycles. The van der Waals surface area contributed by atoms with Crippen molar-refractivity contribution in [3.05, 3.63) is 24.3 Å². The summed E-state index contributed by atoms with van der Waals surface area (Å²) in [5, 5.41) is 0. The van der Waals surface area contributed by atoms with Gasteiger partial charge in [0, 0.05) is 13.1 Å². The summed E-state index contributed by atoms with van der Waals surface area (Å²) in [5.41, 5.74) is 6.56. The average molecular weight is 248 g/mol. The van der Waals surface area contributed by atoms with Gasteiger partial charge in [0.05, 0.1) is 5.69 Å². The number of hydrogen-bond donors (Lipinski definition) is 1. The molecular formula is C15H24N2O. The van der Waals surface area contributed by atoms with Gasteiger partial charge in [-0.2, -0.15) is 0 Å². The van der Waals surface area contributed by atoms with Crippen molar-refractivity contribution >= 4 is 5.69 Å². The number of anilines is 1. The van der Waals surface area contributed by atoms with Crippen molar-refractivity contribution in [3.8, 4) is 5.75 Å². The maximum Gasteiger partial charge on any atom is 0.142 e. The van der Waals surface area contributed by atoms with Gasteiger partial charge < -0.3 is 10.5 Å². The van der Waals surface area contributed by atoms with E-state index in [0.717, 1.165) is 30.5 Å². The third kappa shape index (κ3) is 3.64. The molecule has 1 aliphatic rings. The summed E-state index contributed by atoms with van der Waals surface area (Å²) in [6.45, 7) is 6.46. The third-order valence-electron chi connectivity index (χ3n) is 3.65. The maximum absolute atomic E-state index is 5.84. The molecule has 1 aromatic carbocycles. The van der Waals surface area contributed by atoms with Crippen molar-refractivity contribution in [2.45, 2.75) is 26.2 Å². The van der Waals surface area contributed by atoms with Crippen LogP contribution in [0.25, 0.3) is 0 Å². The first-order chi connectivity index (χ1) is 8.79. The Bertz CT molecular complexity index is 367. The highest BCUT2D eigenvalue weighted by atomic mass is 16.5. The summed E-state index contributed by atoms with van der Waals surface area (Å²) in [6.07, 6.45) is 4.01. The van der Waals surface area contributed by atoms with Crippen LogP contribution in [0, 0.1) is 5.92 Å². The summed E-state index contributed by atoms with van der Waals surface area (Å²) < 4.78 is 5.73. The van der Waals surface area contributed by atoms with Crippen LogP contribution >= 0.6 is 0 Å². The Labute approximate surface area is 110 Å². The van der Waals surface area contributed by atoms with Gasteiger partial charge >= 0.3 is 0 Å². The summed E-state index contributed by atoms with van der Waals surface area (Å²) >= 11 is 0. The summed E-state index contributed by atoms with van der Waals surface area (Å²) in [4.78, 5) is 2.50. The van der Waals surface area contributed by atoms with Crippen LogP contribution in [-0.4, -0.2) is 31.1 Å². The fourth-order valence-electron chi connectivity index (χ4n) is 2.66. The van der Waals surface area contributed by atoms with Gasteiger partial charge in [-0.1, -0.05) is 25.5 Å². The second kappa shape index (κ2) is 6.64. The molecule has 1 unspecified atom stereocenters. The molecule has 0 bridgehead atoms. The molecular weight excluding hydrogens is 224 g/mol. The van der Waals surface area contributed by atoms with Gasteiger partial charge in [0.25, 0.3) is 0 Å². The smallest absolute Gasteiger partial charge is 0.142 e. The molecule has 0 radical (unpaired) electrons. The zero-order valence-electron chi connectivity index (χ0n) is 11.3. The van der Waals surface area contributed by atoms with Gasteiger partial charge in [0.2, 0.25) is 0 Å². The van der Waals surface area contributed by atoms with Crippen molar-refractivity contribution in [1.29, 1.82) is 0 Å². The van der Waals surface area contributed by atoms with Crippen LogP contribution < -0.4 is 10.5 Å². The van der Waals surface area contributed by atoms with Crippen molar-refractivity contribution in [1.82, 2.24) is 4.90 Å². The fourth-order valence-corrected chi connectivity index (χ4v) is 2.66. The molecule has 1 heterocycles. The Morgan fingerprint density at radius 1 is 1.39 bits per heavy atom. The van der Waals surface area contributed by atoms with Gasteiger partial charge in [0.15, 0.2) is 0 Å². The second-order valence-corrected chi connectivity index (χ2v) is 5.13. The molecule has 100 valence electrons. The van der Waals surface area contributed by atoms with Crippen LogP contribution in [0.3, 0.4) is 0 Å². The number of ether oxygens (including phenoxy) is 1. The lowest BCUT2D eigenvalue weighted by molar-refractivity contribution is 0.232. The van der Waals surface area contributed by atoms with Crippen molar-refractivity contribution in [2.24, 2.45) is 5.92 Å². The van der Waals surface area contributed by atoms with Crippen LogP contribution in [0.5, 0.6) is 5.75 Å². The first-order valence-corrected chi connectivity index (χ1v) is 6.99. The molecule has 2 rings (SSSR count). The molecule has 18 heavy (non-hydrogen) atoms. The second-order valence-electron chi connectivity index (χ2n) is 5.13. The van der Waals surface area contributed by atoms with E-state index in [4.69, 9.17) is 10.5 Å². The highest BCUT2D eigenvalue weighted by Gasteiger charge is 2.21. The average Bonchev–Trinajstić information content (AvgIpc) is 2.80. The topological polar surface area (TPSA) is 38.5 Å². The van der Waals surface area contributed by atoms with E-state index < -0.39 is 0 Å². The molecule has 3 nitrogen and oxygen atoms in total. The predicted octanol–water partition coefficient (Wildman–Crippen LogP) is 2.77. The van der Waals surface area contributed by atoms with E-state index in [1.54, 1.807) is 0 Å². The van der Waals surface area contributed by atoms with Crippen molar-refractivity contribution < 1.29 is 4.74 Å². The Morgan fingerprint density at radius 2 is 2.22 bits per heavy atom. The summed E-state index contributed by atoms with van der Waals surface area (Å²) in [5.74, 6) is 1.71. The molecule has 1 fully saturated rings. The van der Waals surface area contributed by atoms with E-state index in [2.05, 4.69) is 11.8 Å². The Hall–Kier alpha value is -1.22. The van der Waals surface area contributed by atoms with E-state index in [1.807, 2.05) is 24.3 Å². The lowest BCUT2D eigenvalue weighted by atomic mass is 10.0. The van der Waals surface area contributed by atoms with Crippen LogP contribution in [0.4, 0.5) is 5.69 Å². The molecule has 1 atom stereocenters. The van der Waals surface area contributed by atoms with Gasteiger partial charge in [-0.05, 0) is 37.4 Å². The number of nitrogens with two attached hydrogens (primary N) is 1. The third-order valence-corrected chi connectivity index (χ3v) is 3.65. The highest BCUT2D eigenvalue weighted by molar-refractivity contribution is 5.51. The standard InChI is InChI=1S/C15H24N2O/c1-2-5-13-8-9-17(12-13)10-11-18-15-7-4-3-6-14(15)16/h3-4,6-7,13H,2,5,8-12,16H2,1H3. The monoisotopic (exact) mass is 248 g/mol. The van der Waals surface area contributed by atoms with Gasteiger partial charge in [-0.3, -0.25) is 4.90 Å². The maximum atomic E-state index is 5.84. The molecule has 0 aromatic heterocycles. The van der Waals surface area contributed by atoms with Crippen molar-refractivity contribution in [3.63, 3.8) is 0 Å². The van der Waals surface area contributed by atoms with Crippen LogP contribution in [0.15, 0.2) is 24.3 Å². The van der Waals surface area contributed by atoms with Crippen LogP contribution in [0.1, 0.15) is 26.2 Å². The normalized spacial score (nSPS) is 20.2. The van der Waals surface area contributed by atoms with Crippen LogP contribution in [0.2, 0.25) is 0 Å². The first kappa shape index (κ1) is 13.2. The molecule has 3 heteroatoms. The minimum atomic E-state index is 0.725. The van der Waals surface area contributed by atoms with Crippen LogP contribution in [-0.2, 0) is 0 Å². The molecule has 0 spiro atoms. The zero-order chi connectivity index (χ0) is 12.8. The number of hydrogen-bond acceptors (Lipinski definition) is 3. The molecule has 0 aliphatic carbocycles. The van der Waals surface area contributed by atoms with E-state index >= 15 is 0 Å². The SMILES string of the molecule is CCCC1CCN(CCOc2ccccc2N)C1. The molecule has 1 saturated heterocycles. The van der Waals surface area contributed by atoms with Gasteiger partial charge in [-0.25, -0.2) is 0 Å². The molecule has 0 amide bonds. The van der Waals surface area contributed by atoms with E-state index in [0.29, 0.717) is 0 Å². The molecule has 2 N–H and O–H groups in total. The Morgan fingerprint density at radius 3 is 3.00 bits per heavy atom. The molecule has 1 aromatic rings. The first-order valence-electron chi connectivity index (χ1n) is 6.99. The van der Waals surface area contributed by atoms with Gasteiger partial charge in [-0.15, -0.1) is 0 Å². The quantitative estimate of drug-likeness (QED) is 0.787. The predicted molar refractivity (Wildman–Crippen MR) is 75.8 cm³/mol. The Kier molecular flexibility index (Phi) is 4.88. The number of nitrogens with zero attached hydrogens (tertiary/aromatic N) is 1. The van der Waals surface area contributed by atoms with E-state index in [-0.39, 0.29) is 0 Å². The highest BCUT2D eigenvalue weighted by Crippen LogP contribution is 2.22. The number of nitrogen functional groups attached to an aromatic ring is 1. The van der Waals surface area contributed by atoms with E-state index in [1.165, 1.54) is 32.4 Å². The minimum Gasteiger partial charge on any atom is -0.490 e. The minimum absolute atomic E-state index is 0.725. The lowest BCUT2D eigenvalue weighted by Gasteiger charge is -2.16. The van der Waals surface area contributed by atoms with Gasteiger partial charge in [0.1, 0.15) is 12.4 Å². The number of rotatable bonds is 6. The lowest BCUT2D eigenvalue weighted by Crippen LogP contribution is -2.26. The Balaban J connectivity index is 1.69. The number of likely N-dealkylation sites (tertiary alicyclic amines) is 1.